The van der Waals surface area contributed by atoms with E-state index in [0.29, 0.717) is 6.42 Å². The molecule has 2 aromatic rings. The lowest BCUT2D eigenvalue weighted by molar-refractivity contribution is 0.546. The molecule has 4 nitrogen and oxygen atoms in total. The predicted molar refractivity (Wildman–Crippen MR) is 118 cm³/mol. The Balaban J connectivity index is 2.15. The van der Waals surface area contributed by atoms with Crippen molar-refractivity contribution in [2.45, 2.75) is 79.1 Å². The highest BCUT2D eigenvalue weighted by Gasteiger charge is 2.39. The third kappa shape index (κ3) is 6.68. The fourth-order valence-electron chi connectivity index (χ4n) is 3.45. The van der Waals surface area contributed by atoms with E-state index in [-0.39, 0.29) is 16.2 Å². The number of rotatable bonds is 13. The zero-order valence-corrected chi connectivity index (χ0v) is 18.8. The number of benzene rings is 2. The standard InChI is InChI=1S/C23H32O4S2/c1-2-3-4-5-6-7-8-15-20-23(28(24,25)21-16-11-9-12-17-21)29(26,27)22-18-13-10-14-19-22/h9-14,16-19,23H,2-8,15,20H2,1H3. The molecule has 0 fully saturated rings. The Kier molecular flexibility index (Phi) is 9.37. The van der Waals surface area contributed by atoms with Crippen LogP contribution in [0.5, 0.6) is 0 Å². The SMILES string of the molecule is CCCCCCCCCCC(S(=O)(=O)c1ccccc1)S(=O)(=O)c1ccccc1. The molecular weight excluding hydrogens is 404 g/mol. The van der Waals surface area contributed by atoms with Crippen LogP contribution in [0.25, 0.3) is 0 Å². The minimum absolute atomic E-state index is 0.0593. The van der Waals surface area contributed by atoms with E-state index in [1.54, 1.807) is 36.4 Å². The fraction of sp³-hybridized carbons (Fsp3) is 0.478. The minimum atomic E-state index is -4.00. The molecule has 0 spiro atoms. The van der Waals surface area contributed by atoms with Crippen molar-refractivity contribution in [1.29, 1.82) is 0 Å². The van der Waals surface area contributed by atoms with Gasteiger partial charge in [-0.15, -0.1) is 0 Å². The summed E-state index contributed by atoms with van der Waals surface area (Å²) in [6, 6.07) is 15.8. The lowest BCUT2D eigenvalue weighted by Gasteiger charge is -2.18. The zero-order chi connectivity index (χ0) is 21.2. The van der Waals surface area contributed by atoms with E-state index in [9.17, 15) is 16.8 Å². The van der Waals surface area contributed by atoms with Crippen LogP contribution in [-0.2, 0) is 19.7 Å². The second-order valence-electron chi connectivity index (χ2n) is 7.41. The molecular formula is C23H32O4S2. The Labute approximate surface area is 176 Å². The Morgan fingerprint density at radius 2 is 0.966 bits per heavy atom. The predicted octanol–water partition coefficient (Wildman–Crippen LogP) is 5.79. The van der Waals surface area contributed by atoms with E-state index in [0.717, 1.165) is 19.3 Å². The highest BCUT2D eigenvalue weighted by Crippen LogP contribution is 2.29. The summed E-state index contributed by atoms with van der Waals surface area (Å²) in [6.07, 6.45) is 8.51. The van der Waals surface area contributed by atoms with Crippen LogP contribution < -0.4 is 0 Å². The topological polar surface area (TPSA) is 68.3 Å². The summed E-state index contributed by atoms with van der Waals surface area (Å²) < 4.78 is 51.4. The van der Waals surface area contributed by atoms with Crippen LogP contribution >= 0.6 is 0 Å². The summed E-state index contributed by atoms with van der Waals surface area (Å²) in [5.41, 5.74) is 0. The van der Waals surface area contributed by atoms with Gasteiger partial charge in [0.25, 0.3) is 0 Å². The first-order chi connectivity index (χ1) is 13.9. The van der Waals surface area contributed by atoms with Gasteiger partial charge in [-0.3, -0.25) is 0 Å². The van der Waals surface area contributed by atoms with Gasteiger partial charge in [0, 0.05) is 0 Å². The normalized spacial score (nSPS) is 12.3. The second kappa shape index (κ2) is 11.5. The quantitative estimate of drug-likeness (QED) is 0.373. The molecule has 0 aliphatic carbocycles. The van der Waals surface area contributed by atoms with Crippen LogP contribution in [0, 0.1) is 0 Å². The molecule has 0 unspecified atom stereocenters. The monoisotopic (exact) mass is 436 g/mol. The maximum atomic E-state index is 13.2. The molecule has 0 bridgehead atoms. The second-order valence-corrected chi connectivity index (χ2v) is 12.0. The zero-order valence-electron chi connectivity index (χ0n) is 17.2. The highest BCUT2D eigenvalue weighted by atomic mass is 32.3. The molecule has 0 amide bonds. The Morgan fingerprint density at radius 1 is 0.586 bits per heavy atom. The first-order valence-electron chi connectivity index (χ1n) is 10.5. The van der Waals surface area contributed by atoms with E-state index < -0.39 is 24.3 Å². The summed E-state index contributed by atoms with van der Waals surface area (Å²) in [7, 11) is -8.00. The Hall–Kier alpha value is -1.66. The van der Waals surface area contributed by atoms with E-state index in [2.05, 4.69) is 6.92 Å². The minimum Gasteiger partial charge on any atom is -0.222 e. The average molecular weight is 437 g/mol. The van der Waals surface area contributed by atoms with Crippen molar-refractivity contribution in [3.05, 3.63) is 60.7 Å². The summed E-state index contributed by atoms with van der Waals surface area (Å²) in [4.78, 5) is 0.119. The van der Waals surface area contributed by atoms with Gasteiger partial charge in [0.05, 0.1) is 9.79 Å². The van der Waals surface area contributed by atoms with Gasteiger partial charge < -0.3 is 0 Å². The lowest BCUT2D eigenvalue weighted by atomic mass is 10.1. The molecule has 0 aliphatic rings. The molecule has 0 aliphatic heterocycles. The van der Waals surface area contributed by atoms with E-state index >= 15 is 0 Å². The van der Waals surface area contributed by atoms with Crippen LogP contribution in [0.1, 0.15) is 64.7 Å². The van der Waals surface area contributed by atoms with Crippen LogP contribution in [0.3, 0.4) is 0 Å². The van der Waals surface area contributed by atoms with Crippen molar-refractivity contribution in [1.82, 2.24) is 0 Å². The average Bonchev–Trinajstić information content (AvgIpc) is 2.73. The molecule has 0 saturated carbocycles. The van der Waals surface area contributed by atoms with Gasteiger partial charge in [0.2, 0.25) is 0 Å². The molecule has 2 aromatic carbocycles. The molecule has 0 heterocycles. The van der Waals surface area contributed by atoms with Crippen molar-refractivity contribution in [3.63, 3.8) is 0 Å². The van der Waals surface area contributed by atoms with Crippen molar-refractivity contribution in [3.8, 4) is 0 Å². The first-order valence-corrected chi connectivity index (χ1v) is 13.6. The van der Waals surface area contributed by atoms with Gasteiger partial charge in [-0.1, -0.05) is 94.7 Å². The van der Waals surface area contributed by atoms with Crippen molar-refractivity contribution < 1.29 is 16.8 Å². The van der Waals surface area contributed by atoms with Gasteiger partial charge in [0.1, 0.15) is 0 Å². The first kappa shape index (κ1) is 23.6. The van der Waals surface area contributed by atoms with Crippen molar-refractivity contribution in [2.24, 2.45) is 0 Å². The number of sulfone groups is 2. The number of hydrogen-bond donors (Lipinski definition) is 0. The van der Waals surface area contributed by atoms with Gasteiger partial charge in [0.15, 0.2) is 24.3 Å². The highest BCUT2D eigenvalue weighted by molar-refractivity contribution is 8.09. The van der Waals surface area contributed by atoms with Crippen molar-refractivity contribution in [2.75, 3.05) is 0 Å². The number of unbranched alkanes of at least 4 members (excludes halogenated alkanes) is 7. The van der Waals surface area contributed by atoms with Gasteiger partial charge >= 0.3 is 0 Å². The smallest absolute Gasteiger partial charge is 0.195 e. The Bertz CT molecular complexity index is 852. The molecule has 0 saturated heterocycles. The fourth-order valence-corrected chi connectivity index (χ4v) is 8.08. The molecule has 29 heavy (non-hydrogen) atoms. The molecule has 0 radical (unpaired) electrons. The van der Waals surface area contributed by atoms with Gasteiger partial charge in [-0.25, -0.2) is 16.8 Å². The van der Waals surface area contributed by atoms with E-state index in [1.165, 1.54) is 49.9 Å². The summed E-state index contributed by atoms with van der Waals surface area (Å²) in [6.45, 7) is 2.18. The molecule has 160 valence electrons. The maximum Gasteiger partial charge on any atom is 0.195 e. The molecule has 0 N–H and O–H groups in total. The van der Waals surface area contributed by atoms with Crippen molar-refractivity contribution >= 4 is 19.7 Å². The third-order valence-electron chi connectivity index (χ3n) is 5.13. The molecule has 2 rings (SSSR count). The van der Waals surface area contributed by atoms with E-state index in [4.69, 9.17) is 0 Å². The van der Waals surface area contributed by atoms with Crippen LogP contribution in [0.2, 0.25) is 0 Å². The number of hydrogen-bond acceptors (Lipinski definition) is 4. The van der Waals surface area contributed by atoms with Gasteiger partial charge in [-0.2, -0.15) is 0 Å². The van der Waals surface area contributed by atoms with Crippen LogP contribution in [-0.4, -0.2) is 21.4 Å². The maximum absolute atomic E-state index is 13.2. The van der Waals surface area contributed by atoms with Gasteiger partial charge in [-0.05, 0) is 30.7 Å². The molecule has 0 atom stereocenters. The summed E-state index contributed by atoms with van der Waals surface area (Å²) in [5.74, 6) is 0. The third-order valence-corrected chi connectivity index (χ3v) is 10.4. The summed E-state index contributed by atoms with van der Waals surface area (Å²) in [5, 5.41) is 0. The largest absolute Gasteiger partial charge is 0.222 e. The lowest BCUT2D eigenvalue weighted by Crippen LogP contribution is -2.31. The van der Waals surface area contributed by atoms with Crippen LogP contribution in [0.15, 0.2) is 70.5 Å². The molecule has 6 heteroatoms. The van der Waals surface area contributed by atoms with E-state index in [1.807, 2.05) is 0 Å². The van der Waals surface area contributed by atoms with Crippen LogP contribution in [0.4, 0.5) is 0 Å². The summed E-state index contributed by atoms with van der Waals surface area (Å²) >= 11 is 0. The Morgan fingerprint density at radius 3 is 1.38 bits per heavy atom. The molecule has 0 aromatic heterocycles.